The maximum absolute atomic E-state index is 13.4. The van der Waals surface area contributed by atoms with E-state index in [1.165, 1.54) is 96.3 Å². The smallest absolute Gasteiger partial charge is 0.306 e. The Hall–Kier alpha value is -3.16. The van der Waals surface area contributed by atoms with Crippen molar-refractivity contribution in [2.45, 2.75) is 301 Å². The minimum absolute atomic E-state index is 0.110. The van der Waals surface area contributed by atoms with Gasteiger partial charge in [-0.1, -0.05) is 247 Å². The fourth-order valence-corrected chi connectivity index (χ4v) is 9.19. The molecule has 11 nitrogen and oxygen atoms in total. The maximum atomic E-state index is 13.4. The third-order valence-electron chi connectivity index (χ3n) is 14.1. The van der Waals surface area contributed by atoms with E-state index in [0.717, 1.165) is 109 Å². The van der Waals surface area contributed by atoms with Crippen molar-refractivity contribution in [3.63, 3.8) is 0 Å². The molecule has 1 heterocycles. The van der Waals surface area contributed by atoms with E-state index in [1.54, 1.807) is 6.08 Å². The monoisotopic (exact) mass is 1070 g/mol. The zero-order chi connectivity index (χ0) is 55.4. The summed E-state index contributed by atoms with van der Waals surface area (Å²) < 4.78 is 17.6. The van der Waals surface area contributed by atoms with Crippen LogP contribution in [-0.2, 0) is 23.8 Å². The van der Waals surface area contributed by atoms with E-state index in [-0.39, 0.29) is 19.4 Å². The third-order valence-corrected chi connectivity index (χ3v) is 14.1. The molecule has 0 aliphatic carbocycles. The lowest BCUT2D eigenvalue weighted by molar-refractivity contribution is -0.305. The summed E-state index contributed by atoms with van der Waals surface area (Å²) in [6.45, 7) is 5.61. The number of hydrogen-bond acceptors (Lipinski definition) is 10. The number of nitrogens with one attached hydrogen (secondary N) is 1. The molecule has 0 saturated carbocycles. The molecule has 8 atom stereocenters. The van der Waals surface area contributed by atoms with Crippen molar-refractivity contribution in [1.29, 1.82) is 0 Å². The van der Waals surface area contributed by atoms with Crippen LogP contribution in [-0.4, -0.2) is 99.6 Å². The molecule has 1 rings (SSSR count). The van der Waals surface area contributed by atoms with E-state index in [9.17, 15) is 35.1 Å². The number of esters is 1. The fraction of sp³-hybridized carbons (Fsp3) is 0.754. The zero-order valence-corrected chi connectivity index (χ0v) is 48.3. The van der Waals surface area contributed by atoms with Crippen molar-refractivity contribution >= 4 is 11.9 Å². The van der Waals surface area contributed by atoms with Crippen molar-refractivity contribution in [3.8, 4) is 0 Å². The third kappa shape index (κ3) is 40.1. The first-order valence-electron chi connectivity index (χ1n) is 30.9. The number of carbonyl (C=O) groups excluding carboxylic acids is 2. The number of carbonyl (C=O) groups is 2. The average Bonchev–Trinajstić information content (AvgIpc) is 3.42. The van der Waals surface area contributed by atoms with Crippen LogP contribution in [0.2, 0.25) is 0 Å². The van der Waals surface area contributed by atoms with Crippen LogP contribution >= 0.6 is 0 Å². The molecule has 76 heavy (non-hydrogen) atoms. The lowest BCUT2D eigenvalue weighted by atomic mass is 9.99. The van der Waals surface area contributed by atoms with Gasteiger partial charge in [-0.2, -0.15) is 0 Å². The zero-order valence-electron chi connectivity index (χ0n) is 48.3. The highest BCUT2D eigenvalue weighted by molar-refractivity contribution is 5.80. The van der Waals surface area contributed by atoms with E-state index in [0.29, 0.717) is 12.8 Å². The van der Waals surface area contributed by atoms with Gasteiger partial charge in [-0.25, -0.2) is 0 Å². The van der Waals surface area contributed by atoms with Gasteiger partial charge < -0.3 is 45.1 Å². The van der Waals surface area contributed by atoms with Crippen LogP contribution < -0.4 is 5.32 Å². The van der Waals surface area contributed by atoms with Gasteiger partial charge in [0.25, 0.3) is 0 Å². The Labute approximate surface area is 463 Å². The SMILES string of the molecule is CC/C=C/C=C/C=C/CCCCCCCCC(O)C(=O)NC(COC1OC(CO)C(O)C(O)C1OC(=O)CCCCCCCCCC/C=C\C/C=C\C/C=C\CCCCC)C(O)/C=C/CCCCCCCCCCCC. The number of hydrogen-bond donors (Lipinski definition) is 6. The Bertz CT molecular complexity index is 1560. The molecular weight excluding hydrogens is 955 g/mol. The van der Waals surface area contributed by atoms with Gasteiger partial charge >= 0.3 is 5.97 Å². The van der Waals surface area contributed by atoms with E-state index >= 15 is 0 Å². The highest BCUT2D eigenvalue weighted by atomic mass is 16.7. The molecule has 0 aromatic rings. The summed E-state index contributed by atoms with van der Waals surface area (Å²) in [5, 5.41) is 56.9. The van der Waals surface area contributed by atoms with Gasteiger partial charge in [0.2, 0.25) is 5.91 Å². The van der Waals surface area contributed by atoms with Crippen LogP contribution in [0.1, 0.15) is 252 Å². The van der Waals surface area contributed by atoms with Crippen molar-refractivity contribution in [2.24, 2.45) is 0 Å². The van der Waals surface area contributed by atoms with Gasteiger partial charge in [0.05, 0.1) is 25.4 Å². The number of rotatable bonds is 51. The summed E-state index contributed by atoms with van der Waals surface area (Å²) in [5.41, 5.74) is 0. The fourth-order valence-electron chi connectivity index (χ4n) is 9.19. The number of amides is 1. The quantitative estimate of drug-likeness (QED) is 0.0149. The van der Waals surface area contributed by atoms with Crippen molar-refractivity contribution in [3.05, 3.63) is 85.1 Å². The molecule has 6 N–H and O–H groups in total. The first-order valence-corrected chi connectivity index (χ1v) is 30.9. The molecule has 0 aromatic carbocycles. The Morgan fingerprint density at radius 1 is 0.539 bits per heavy atom. The Balaban J connectivity index is 2.67. The summed E-state index contributed by atoms with van der Waals surface area (Å²) in [7, 11) is 0. The minimum atomic E-state index is -1.62. The molecule has 0 aromatic heterocycles. The Kier molecular flexibility index (Phi) is 49.0. The predicted octanol–water partition coefficient (Wildman–Crippen LogP) is 14.6. The maximum Gasteiger partial charge on any atom is 0.306 e. The molecule has 11 heteroatoms. The van der Waals surface area contributed by atoms with E-state index in [2.05, 4.69) is 86.8 Å². The van der Waals surface area contributed by atoms with E-state index in [1.807, 2.05) is 18.2 Å². The van der Waals surface area contributed by atoms with Gasteiger partial charge in [0.1, 0.15) is 24.4 Å². The lowest BCUT2D eigenvalue weighted by Gasteiger charge is -2.41. The summed E-state index contributed by atoms with van der Waals surface area (Å²) in [6, 6.07) is -1.04. The van der Waals surface area contributed by atoms with Gasteiger partial charge in [0, 0.05) is 6.42 Å². The van der Waals surface area contributed by atoms with Gasteiger partial charge in [-0.3, -0.25) is 9.59 Å². The van der Waals surface area contributed by atoms with Crippen LogP contribution in [0.25, 0.3) is 0 Å². The molecule has 1 saturated heterocycles. The van der Waals surface area contributed by atoms with Crippen LogP contribution in [0, 0.1) is 0 Å². The topological polar surface area (TPSA) is 175 Å². The van der Waals surface area contributed by atoms with Crippen LogP contribution in [0.4, 0.5) is 0 Å². The van der Waals surface area contributed by atoms with E-state index in [4.69, 9.17) is 14.2 Å². The highest BCUT2D eigenvalue weighted by Crippen LogP contribution is 2.26. The lowest BCUT2D eigenvalue weighted by Crippen LogP contribution is -2.61. The minimum Gasteiger partial charge on any atom is -0.454 e. The molecule has 1 fully saturated rings. The number of aliphatic hydroxyl groups is 5. The van der Waals surface area contributed by atoms with E-state index < -0.39 is 67.4 Å². The molecular formula is C65H113NO10. The van der Waals surface area contributed by atoms with Crippen LogP contribution in [0.5, 0.6) is 0 Å². The highest BCUT2D eigenvalue weighted by Gasteiger charge is 2.47. The number of ether oxygens (including phenoxy) is 3. The second kappa shape index (κ2) is 52.5. The molecule has 438 valence electrons. The average molecular weight is 1070 g/mol. The molecule has 0 radical (unpaired) electrons. The Morgan fingerprint density at radius 3 is 1.55 bits per heavy atom. The second-order valence-electron chi connectivity index (χ2n) is 21.1. The second-order valence-corrected chi connectivity index (χ2v) is 21.1. The first kappa shape index (κ1) is 70.9. The Morgan fingerprint density at radius 2 is 1.00 bits per heavy atom. The van der Waals surface area contributed by atoms with Gasteiger partial charge in [-0.05, 0) is 83.5 Å². The molecule has 0 bridgehead atoms. The summed E-state index contributed by atoms with van der Waals surface area (Å²) >= 11 is 0. The summed E-state index contributed by atoms with van der Waals surface area (Å²) in [6.07, 6.45) is 57.6. The number of unbranched alkanes of at least 4 members (excludes halogenated alkanes) is 27. The number of aliphatic hydroxyl groups excluding tert-OH is 5. The molecule has 0 spiro atoms. The van der Waals surface area contributed by atoms with Crippen molar-refractivity contribution in [1.82, 2.24) is 5.32 Å². The van der Waals surface area contributed by atoms with Gasteiger partial charge in [-0.15, -0.1) is 0 Å². The van der Waals surface area contributed by atoms with Crippen molar-refractivity contribution in [2.75, 3.05) is 13.2 Å². The van der Waals surface area contributed by atoms with Crippen LogP contribution in [0.3, 0.4) is 0 Å². The predicted molar refractivity (Wildman–Crippen MR) is 315 cm³/mol. The standard InChI is InChI=1S/C65H113NO10/c1-4-7-10-13-16-19-22-25-27-28-29-30-31-32-33-35-38-41-44-47-50-53-60(70)76-63-62(72)61(71)59(54-67)75-65(63)74-55-56(57(68)51-48-45-42-39-36-24-21-18-15-12-9-6-3)66-64(73)58(69)52-49-46-43-40-37-34-26-23-20-17-14-11-8-5-2/h8,11,14,16-17,19-20,23,25,27,29-30,48,51,56-59,61-63,65,67-69,71-72H,4-7,9-10,12-13,15,18,21-22,24,26,28,31-47,49-50,52-55H2,1-3H3,(H,66,73)/b11-8+,17-14+,19-16-,23-20+,27-25-,30-29-,51-48+. The normalized spacial score (nSPS) is 19.7. The number of allylic oxidation sites excluding steroid dienone is 13. The molecule has 1 aliphatic heterocycles. The van der Waals surface area contributed by atoms with Gasteiger partial charge in [0.15, 0.2) is 12.4 Å². The summed E-state index contributed by atoms with van der Waals surface area (Å²) in [4.78, 5) is 26.5. The summed E-state index contributed by atoms with van der Waals surface area (Å²) in [5.74, 6) is -1.22. The molecule has 8 unspecified atom stereocenters. The van der Waals surface area contributed by atoms with Crippen molar-refractivity contribution < 1.29 is 49.3 Å². The largest absolute Gasteiger partial charge is 0.454 e. The van der Waals surface area contributed by atoms with Crippen LogP contribution in [0.15, 0.2) is 85.1 Å². The molecule has 1 aliphatic rings. The first-order chi connectivity index (χ1) is 37.2. The molecule has 1 amide bonds.